The number of carbonyl (C=O) groups is 2. The number of hydrogen-bond donors (Lipinski definition) is 2. The van der Waals surface area contributed by atoms with Crippen molar-refractivity contribution in [1.82, 2.24) is 4.31 Å². The minimum atomic E-state index is -3.71. The fourth-order valence-electron chi connectivity index (χ4n) is 2.30. The minimum Gasteiger partial charge on any atom is -0.477 e. The van der Waals surface area contributed by atoms with Crippen LogP contribution in [0.15, 0.2) is 10.3 Å². The lowest BCUT2D eigenvalue weighted by Crippen LogP contribution is -2.41. The first-order chi connectivity index (χ1) is 9.73. The summed E-state index contributed by atoms with van der Waals surface area (Å²) in [4.78, 5) is 22.1. The minimum absolute atomic E-state index is 0.0231. The van der Waals surface area contributed by atoms with E-state index in [0.29, 0.717) is 18.4 Å². The van der Waals surface area contributed by atoms with E-state index < -0.39 is 21.9 Å². The van der Waals surface area contributed by atoms with Crippen LogP contribution in [0.3, 0.4) is 0 Å². The number of nitrogens with zero attached hydrogens (tertiary/aromatic N) is 1. The van der Waals surface area contributed by atoms with Crippen LogP contribution in [0.1, 0.15) is 28.1 Å². The normalized spacial score (nSPS) is 17.8. The molecule has 1 aliphatic rings. The number of piperidine rings is 1. The Labute approximate surface area is 126 Å². The van der Waals surface area contributed by atoms with Crippen LogP contribution in [0.2, 0.25) is 0 Å². The highest BCUT2D eigenvalue weighted by molar-refractivity contribution is 7.91. The zero-order valence-electron chi connectivity index (χ0n) is 11.4. The van der Waals surface area contributed by atoms with Crippen molar-refractivity contribution in [2.45, 2.75) is 24.0 Å². The molecule has 0 atom stereocenters. The lowest BCUT2D eigenvalue weighted by Gasteiger charge is -2.29. The Morgan fingerprint density at radius 2 is 1.95 bits per heavy atom. The molecule has 3 N–H and O–H groups in total. The molecule has 2 rings (SSSR count). The maximum atomic E-state index is 12.5. The van der Waals surface area contributed by atoms with Crippen molar-refractivity contribution in [2.24, 2.45) is 11.7 Å². The van der Waals surface area contributed by atoms with Gasteiger partial charge >= 0.3 is 5.97 Å². The number of primary amides is 1. The third kappa shape index (κ3) is 3.09. The van der Waals surface area contributed by atoms with Gasteiger partial charge in [0.1, 0.15) is 9.09 Å². The number of carboxylic acid groups (broad SMARTS) is 1. The standard InChI is InChI=1S/C12H16N2O5S2/c1-7-6-9(20-10(7)12(16)17)21(18,19)14-4-2-8(3-5-14)11(13)15/h6,8H,2-5H2,1H3,(H2,13,15)(H,16,17). The topological polar surface area (TPSA) is 118 Å². The Morgan fingerprint density at radius 1 is 1.38 bits per heavy atom. The Kier molecular flexibility index (Phi) is 4.35. The molecule has 0 unspecified atom stereocenters. The Bertz CT molecular complexity index is 672. The van der Waals surface area contributed by atoms with E-state index in [-0.39, 0.29) is 28.1 Å². The number of aryl methyl sites for hydroxylation is 1. The molecule has 1 amide bonds. The van der Waals surface area contributed by atoms with Crippen molar-refractivity contribution in [3.05, 3.63) is 16.5 Å². The molecule has 1 fully saturated rings. The van der Waals surface area contributed by atoms with Crippen LogP contribution in [-0.4, -0.2) is 42.8 Å². The molecule has 1 aromatic rings. The van der Waals surface area contributed by atoms with Gasteiger partial charge in [-0.25, -0.2) is 13.2 Å². The Balaban J connectivity index is 2.21. The van der Waals surface area contributed by atoms with Gasteiger partial charge in [0.05, 0.1) is 0 Å². The van der Waals surface area contributed by atoms with E-state index in [2.05, 4.69) is 0 Å². The molecule has 0 aromatic carbocycles. The highest BCUT2D eigenvalue weighted by Gasteiger charge is 2.33. The summed E-state index contributed by atoms with van der Waals surface area (Å²) < 4.78 is 26.3. The van der Waals surface area contributed by atoms with Gasteiger partial charge in [-0.2, -0.15) is 4.31 Å². The summed E-state index contributed by atoms with van der Waals surface area (Å²) in [6, 6.07) is 1.38. The van der Waals surface area contributed by atoms with Crippen LogP contribution in [0.4, 0.5) is 0 Å². The average Bonchev–Trinajstić information content (AvgIpc) is 2.82. The SMILES string of the molecule is Cc1cc(S(=O)(=O)N2CCC(C(N)=O)CC2)sc1C(=O)O. The number of rotatable bonds is 4. The third-order valence-electron chi connectivity index (χ3n) is 3.54. The molecular formula is C12H16N2O5S2. The number of aromatic carboxylic acids is 1. The van der Waals surface area contributed by atoms with Gasteiger partial charge in [0.2, 0.25) is 5.91 Å². The molecular weight excluding hydrogens is 316 g/mol. The van der Waals surface area contributed by atoms with Crippen molar-refractivity contribution in [2.75, 3.05) is 13.1 Å². The maximum Gasteiger partial charge on any atom is 0.346 e. The number of thiophene rings is 1. The van der Waals surface area contributed by atoms with Crippen LogP contribution in [-0.2, 0) is 14.8 Å². The largest absolute Gasteiger partial charge is 0.477 e. The molecule has 1 aliphatic heterocycles. The monoisotopic (exact) mass is 332 g/mol. The quantitative estimate of drug-likeness (QED) is 0.839. The summed E-state index contributed by atoms with van der Waals surface area (Å²) in [5.74, 6) is -1.84. The second-order valence-corrected chi connectivity index (χ2v) is 8.18. The smallest absolute Gasteiger partial charge is 0.346 e. The fraction of sp³-hybridized carbons (Fsp3) is 0.500. The predicted octanol–water partition coefficient (Wildman–Crippen LogP) is 0.641. The van der Waals surface area contributed by atoms with Crippen molar-refractivity contribution in [3.63, 3.8) is 0 Å². The van der Waals surface area contributed by atoms with Gasteiger partial charge < -0.3 is 10.8 Å². The second kappa shape index (κ2) is 5.74. The van der Waals surface area contributed by atoms with Gasteiger partial charge in [0.15, 0.2) is 0 Å². The van der Waals surface area contributed by atoms with E-state index in [1.807, 2.05) is 0 Å². The zero-order valence-corrected chi connectivity index (χ0v) is 13.0. The van der Waals surface area contributed by atoms with Gasteiger partial charge in [-0.1, -0.05) is 0 Å². The van der Waals surface area contributed by atoms with E-state index in [9.17, 15) is 18.0 Å². The van der Waals surface area contributed by atoms with E-state index in [4.69, 9.17) is 10.8 Å². The first-order valence-corrected chi connectivity index (χ1v) is 8.62. The van der Waals surface area contributed by atoms with Gasteiger partial charge in [0.25, 0.3) is 10.0 Å². The van der Waals surface area contributed by atoms with Gasteiger partial charge in [-0.15, -0.1) is 11.3 Å². The molecule has 0 radical (unpaired) electrons. The molecule has 9 heteroatoms. The number of amides is 1. The maximum absolute atomic E-state index is 12.5. The third-order valence-corrected chi connectivity index (χ3v) is 7.11. The lowest BCUT2D eigenvalue weighted by molar-refractivity contribution is -0.122. The molecule has 1 saturated heterocycles. The van der Waals surface area contributed by atoms with Crippen molar-refractivity contribution < 1.29 is 23.1 Å². The number of nitrogens with two attached hydrogens (primary N) is 1. The summed E-state index contributed by atoms with van der Waals surface area (Å²) in [5.41, 5.74) is 5.65. The molecule has 116 valence electrons. The zero-order chi connectivity index (χ0) is 15.8. The van der Waals surface area contributed by atoms with Crippen LogP contribution in [0, 0.1) is 12.8 Å². The number of sulfonamides is 1. The summed E-state index contributed by atoms with van der Waals surface area (Å²) in [6.45, 7) is 2.00. The van der Waals surface area contributed by atoms with Crippen LogP contribution >= 0.6 is 11.3 Å². The molecule has 2 heterocycles. The highest BCUT2D eigenvalue weighted by atomic mass is 32.2. The predicted molar refractivity (Wildman–Crippen MR) is 76.7 cm³/mol. The summed E-state index contributed by atoms with van der Waals surface area (Å²) >= 11 is 0.754. The number of carboxylic acids is 1. The molecule has 0 bridgehead atoms. The van der Waals surface area contributed by atoms with Crippen LogP contribution < -0.4 is 5.73 Å². The number of carbonyl (C=O) groups excluding carboxylic acids is 1. The summed E-state index contributed by atoms with van der Waals surface area (Å²) in [7, 11) is -3.71. The fourth-order valence-corrected chi connectivity index (χ4v) is 5.30. The van der Waals surface area contributed by atoms with E-state index in [1.54, 1.807) is 6.92 Å². The van der Waals surface area contributed by atoms with Gasteiger partial charge in [-0.05, 0) is 31.4 Å². The van der Waals surface area contributed by atoms with Gasteiger partial charge in [-0.3, -0.25) is 4.79 Å². The molecule has 21 heavy (non-hydrogen) atoms. The second-order valence-electron chi connectivity index (χ2n) is 4.96. The summed E-state index contributed by atoms with van der Waals surface area (Å²) in [6.07, 6.45) is 0.787. The van der Waals surface area contributed by atoms with Crippen molar-refractivity contribution >= 4 is 33.2 Å². The number of hydrogen-bond acceptors (Lipinski definition) is 5. The summed E-state index contributed by atoms with van der Waals surface area (Å²) in [5, 5.41) is 9.00. The average molecular weight is 332 g/mol. The molecule has 7 nitrogen and oxygen atoms in total. The first kappa shape index (κ1) is 15.9. The van der Waals surface area contributed by atoms with Gasteiger partial charge in [0, 0.05) is 19.0 Å². The van der Waals surface area contributed by atoms with Crippen molar-refractivity contribution in [1.29, 1.82) is 0 Å². The van der Waals surface area contributed by atoms with E-state index >= 15 is 0 Å². The van der Waals surface area contributed by atoms with Crippen molar-refractivity contribution in [3.8, 4) is 0 Å². The first-order valence-electron chi connectivity index (χ1n) is 6.36. The molecule has 0 spiro atoms. The van der Waals surface area contributed by atoms with Crippen LogP contribution in [0.5, 0.6) is 0 Å². The van der Waals surface area contributed by atoms with E-state index in [0.717, 1.165) is 11.3 Å². The highest BCUT2D eigenvalue weighted by Crippen LogP contribution is 2.30. The lowest BCUT2D eigenvalue weighted by atomic mass is 9.98. The molecule has 0 saturated carbocycles. The molecule has 1 aromatic heterocycles. The molecule has 0 aliphatic carbocycles. The Morgan fingerprint density at radius 3 is 2.38 bits per heavy atom. The Hall–Kier alpha value is -1.45. The van der Waals surface area contributed by atoms with E-state index in [1.165, 1.54) is 10.4 Å². The van der Waals surface area contributed by atoms with Crippen LogP contribution in [0.25, 0.3) is 0 Å².